The van der Waals surface area contributed by atoms with Crippen molar-refractivity contribution in [3.63, 3.8) is 0 Å². The van der Waals surface area contributed by atoms with Crippen molar-refractivity contribution in [3.8, 4) is 5.75 Å². The van der Waals surface area contributed by atoms with Crippen molar-refractivity contribution in [2.75, 3.05) is 19.0 Å². The van der Waals surface area contributed by atoms with Crippen LogP contribution in [0.1, 0.15) is 21.1 Å². The van der Waals surface area contributed by atoms with Gasteiger partial charge in [-0.05, 0) is 18.2 Å². The lowest BCUT2D eigenvalue weighted by Gasteiger charge is -2.08. The Labute approximate surface area is 197 Å². The largest absolute Gasteiger partial charge is 0.495 e. The second-order valence-electron chi connectivity index (χ2n) is 6.81. The standard InChI is InChI=1S/C22H20N4O7S/c1-32-18-8-3-2-7-17(18)25-19(27)10-20-24-15(13-34-20)12-33-21(28)11-23-22(29)14-5-4-6-16(9-14)26(30)31/h2-9,13H,10-12H2,1H3,(H,23,29)(H,25,27). The van der Waals surface area contributed by atoms with Crippen LogP contribution in [0.25, 0.3) is 0 Å². The van der Waals surface area contributed by atoms with Crippen molar-refractivity contribution >= 4 is 40.5 Å². The summed E-state index contributed by atoms with van der Waals surface area (Å²) in [5.41, 5.74) is 0.833. The average Bonchev–Trinajstić information content (AvgIpc) is 3.28. The first kappa shape index (κ1) is 24.3. The Balaban J connectivity index is 1.44. The number of benzene rings is 2. The van der Waals surface area contributed by atoms with E-state index in [1.807, 2.05) is 0 Å². The molecule has 176 valence electrons. The Hall–Kier alpha value is -4.32. The molecule has 0 fully saturated rings. The zero-order valence-corrected chi connectivity index (χ0v) is 18.8. The van der Waals surface area contributed by atoms with Gasteiger partial charge in [0, 0.05) is 23.1 Å². The van der Waals surface area contributed by atoms with Crippen LogP contribution in [-0.2, 0) is 27.4 Å². The summed E-state index contributed by atoms with van der Waals surface area (Å²) in [5, 5.41) is 18.1. The molecule has 1 heterocycles. The smallest absolute Gasteiger partial charge is 0.325 e. The molecule has 2 N–H and O–H groups in total. The number of non-ortho nitro benzene ring substituents is 1. The number of nitro groups is 1. The Bertz CT molecular complexity index is 1210. The highest BCUT2D eigenvalue weighted by Gasteiger charge is 2.14. The summed E-state index contributed by atoms with van der Waals surface area (Å²) in [6.07, 6.45) is 0.0376. The molecule has 0 aliphatic heterocycles. The summed E-state index contributed by atoms with van der Waals surface area (Å²) in [4.78, 5) is 50.8. The summed E-state index contributed by atoms with van der Waals surface area (Å²) in [6.45, 7) is -0.546. The fourth-order valence-corrected chi connectivity index (χ4v) is 3.57. The number of esters is 1. The van der Waals surface area contributed by atoms with E-state index in [1.54, 1.807) is 29.6 Å². The van der Waals surface area contributed by atoms with Crippen molar-refractivity contribution in [1.82, 2.24) is 10.3 Å². The van der Waals surface area contributed by atoms with Crippen LogP contribution in [0.3, 0.4) is 0 Å². The molecule has 2 amide bonds. The molecular weight excluding hydrogens is 464 g/mol. The molecule has 2 aromatic carbocycles. The van der Waals surface area contributed by atoms with Gasteiger partial charge < -0.3 is 20.1 Å². The van der Waals surface area contributed by atoms with E-state index in [2.05, 4.69) is 15.6 Å². The van der Waals surface area contributed by atoms with Gasteiger partial charge in [0.05, 0.1) is 29.8 Å². The van der Waals surface area contributed by atoms with E-state index in [-0.39, 0.29) is 30.2 Å². The predicted molar refractivity (Wildman–Crippen MR) is 123 cm³/mol. The second-order valence-corrected chi connectivity index (χ2v) is 7.75. The fourth-order valence-electron chi connectivity index (χ4n) is 2.80. The first-order valence-corrected chi connectivity index (χ1v) is 10.8. The third-order valence-corrected chi connectivity index (χ3v) is 5.28. The Kier molecular flexibility index (Phi) is 8.24. The van der Waals surface area contributed by atoms with Crippen LogP contribution in [0.5, 0.6) is 5.75 Å². The number of amides is 2. The number of nitrogens with zero attached hydrogens (tertiary/aromatic N) is 2. The molecule has 0 aliphatic rings. The van der Waals surface area contributed by atoms with Crippen molar-refractivity contribution in [1.29, 1.82) is 0 Å². The number of anilines is 1. The molecule has 12 heteroatoms. The minimum absolute atomic E-state index is 0.0376. The lowest BCUT2D eigenvalue weighted by Crippen LogP contribution is -2.30. The molecule has 0 saturated heterocycles. The zero-order valence-electron chi connectivity index (χ0n) is 18.0. The third-order valence-electron chi connectivity index (χ3n) is 4.39. The Morgan fingerprint density at radius 1 is 1.15 bits per heavy atom. The summed E-state index contributed by atoms with van der Waals surface area (Å²) >= 11 is 1.25. The molecule has 11 nitrogen and oxygen atoms in total. The molecule has 3 aromatic rings. The second kappa shape index (κ2) is 11.5. The number of nitrogens with one attached hydrogen (secondary N) is 2. The maximum absolute atomic E-state index is 12.3. The molecule has 0 aliphatic carbocycles. The van der Waals surface area contributed by atoms with Gasteiger partial charge in [0.15, 0.2) is 0 Å². The highest BCUT2D eigenvalue weighted by molar-refractivity contribution is 7.09. The van der Waals surface area contributed by atoms with Gasteiger partial charge in [-0.1, -0.05) is 18.2 Å². The monoisotopic (exact) mass is 484 g/mol. The molecule has 0 unspecified atom stereocenters. The number of ether oxygens (including phenoxy) is 2. The lowest BCUT2D eigenvalue weighted by atomic mass is 10.2. The zero-order chi connectivity index (χ0) is 24.5. The first-order valence-electron chi connectivity index (χ1n) is 9.90. The summed E-state index contributed by atoms with van der Waals surface area (Å²) in [6, 6.07) is 12.2. The van der Waals surface area contributed by atoms with E-state index in [9.17, 15) is 24.5 Å². The van der Waals surface area contributed by atoms with E-state index in [0.717, 1.165) is 6.07 Å². The van der Waals surface area contributed by atoms with Gasteiger partial charge in [0.2, 0.25) is 5.91 Å². The SMILES string of the molecule is COc1ccccc1NC(=O)Cc1nc(COC(=O)CNC(=O)c2cccc([N+](=O)[O-])c2)cs1. The lowest BCUT2D eigenvalue weighted by molar-refractivity contribution is -0.384. The number of nitro benzene ring substituents is 1. The molecule has 0 radical (unpaired) electrons. The van der Waals surface area contributed by atoms with Crippen LogP contribution < -0.4 is 15.4 Å². The van der Waals surface area contributed by atoms with E-state index in [0.29, 0.717) is 22.1 Å². The molecule has 0 spiro atoms. The van der Waals surface area contributed by atoms with Crippen LogP contribution in [0.4, 0.5) is 11.4 Å². The normalized spacial score (nSPS) is 10.3. The van der Waals surface area contributed by atoms with Crippen LogP contribution >= 0.6 is 11.3 Å². The van der Waals surface area contributed by atoms with Gasteiger partial charge in [-0.25, -0.2) is 4.98 Å². The molecular formula is C22H20N4O7S. The van der Waals surface area contributed by atoms with E-state index < -0.39 is 23.3 Å². The number of aromatic nitrogens is 1. The van der Waals surface area contributed by atoms with Crippen molar-refractivity contribution in [2.45, 2.75) is 13.0 Å². The van der Waals surface area contributed by atoms with Gasteiger partial charge >= 0.3 is 5.97 Å². The van der Waals surface area contributed by atoms with Crippen molar-refractivity contribution in [3.05, 3.63) is 80.3 Å². The van der Waals surface area contributed by atoms with Crippen molar-refractivity contribution in [2.24, 2.45) is 0 Å². The Morgan fingerprint density at radius 2 is 1.94 bits per heavy atom. The summed E-state index contributed by atoms with van der Waals surface area (Å²) in [5.74, 6) is -1.08. The van der Waals surface area contributed by atoms with Gasteiger partial charge in [-0.3, -0.25) is 24.5 Å². The minimum atomic E-state index is -0.706. The first-order chi connectivity index (χ1) is 16.4. The number of hydrogen-bond donors (Lipinski definition) is 2. The molecule has 1 aromatic heterocycles. The van der Waals surface area contributed by atoms with E-state index in [1.165, 1.54) is 36.6 Å². The highest BCUT2D eigenvalue weighted by atomic mass is 32.1. The van der Waals surface area contributed by atoms with Gasteiger partial charge in [-0.2, -0.15) is 0 Å². The number of carbonyl (C=O) groups is 3. The van der Waals surface area contributed by atoms with Crippen molar-refractivity contribution < 1.29 is 28.8 Å². The van der Waals surface area contributed by atoms with Crippen LogP contribution in [0.2, 0.25) is 0 Å². The highest BCUT2D eigenvalue weighted by Crippen LogP contribution is 2.23. The van der Waals surface area contributed by atoms with Gasteiger partial charge in [0.25, 0.3) is 11.6 Å². The minimum Gasteiger partial charge on any atom is -0.495 e. The topological polar surface area (TPSA) is 150 Å². The van der Waals surface area contributed by atoms with Gasteiger partial charge in [-0.15, -0.1) is 11.3 Å². The predicted octanol–water partition coefficient (Wildman–Crippen LogP) is 2.71. The molecule has 34 heavy (non-hydrogen) atoms. The number of carbonyl (C=O) groups excluding carboxylic acids is 3. The van der Waals surface area contributed by atoms with Gasteiger partial charge in [0.1, 0.15) is 23.9 Å². The molecule has 3 rings (SSSR count). The number of hydrogen-bond acceptors (Lipinski definition) is 9. The summed E-state index contributed by atoms with van der Waals surface area (Å²) < 4.78 is 10.3. The molecule has 0 bridgehead atoms. The Morgan fingerprint density at radius 3 is 2.71 bits per heavy atom. The van der Waals surface area contributed by atoms with E-state index in [4.69, 9.17) is 9.47 Å². The number of methoxy groups -OCH3 is 1. The number of thiazole rings is 1. The maximum atomic E-state index is 12.3. The van der Waals surface area contributed by atoms with E-state index >= 15 is 0 Å². The van der Waals surface area contributed by atoms with Crippen LogP contribution in [0, 0.1) is 10.1 Å². The molecule has 0 atom stereocenters. The van der Waals surface area contributed by atoms with Crippen LogP contribution in [0.15, 0.2) is 53.9 Å². The molecule has 0 saturated carbocycles. The fraction of sp³-hybridized carbons (Fsp3) is 0.182. The maximum Gasteiger partial charge on any atom is 0.325 e. The van der Waals surface area contributed by atoms with Crippen LogP contribution in [-0.4, -0.2) is 41.3 Å². The summed E-state index contributed by atoms with van der Waals surface area (Å²) in [7, 11) is 1.51. The average molecular weight is 484 g/mol. The number of rotatable bonds is 10. The number of para-hydroxylation sites is 2. The quantitative estimate of drug-likeness (QED) is 0.253. The third kappa shape index (κ3) is 6.84.